The predicted molar refractivity (Wildman–Crippen MR) is 123 cm³/mol. The van der Waals surface area contributed by atoms with Crippen molar-refractivity contribution >= 4 is 28.7 Å². The van der Waals surface area contributed by atoms with Crippen LogP contribution < -0.4 is 16.0 Å². The molecule has 2 aromatic carbocycles. The van der Waals surface area contributed by atoms with Gasteiger partial charge in [-0.1, -0.05) is 41.9 Å². The van der Waals surface area contributed by atoms with Crippen LogP contribution in [-0.4, -0.2) is 31.3 Å². The molecular weight excluding hydrogens is 448 g/mol. The number of imidazole rings is 1. The molecule has 33 heavy (non-hydrogen) atoms. The van der Waals surface area contributed by atoms with Crippen LogP contribution in [0.5, 0.6) is 5.75 Å². The molecule has 0 saturated heterocycles. The van der Waals surface area contributed by atoms with Crippen LogP contribution in [0.25, 0.3) is 11.2 Å². The molecule has 0 fully saturated rings. The van der Waals surface area contributed by atoms with Gasteiger partial charge in [0.1, 0.15) is 24.5 Å². The van der Waals surface area contributed by atoms with Crippen molar-refractivity contribution in [1.29, 1.82) is 0 Å². The molecule has 0 unspecified atom stereocenters. The molecule has 2 aromatic heterocycles. The van der Waals surface area contributed by atoms with Gasteiger partial charge in [0.25, 0.3) is 5.56 Å². The number of aromatic nitrogens is 4. The zero-order chi connectivity index (χ0) is 23.5. The average Bonchev–Trinajstić information content (AvgIpc) is 3.25. The Hall–Kier alpha value is -3.85. The zero-order valence-corrected chi connectivity index (χ0v) is 18.8. The third-order valence-corrected chi connectivity index (χ3v) is 5.60. The highest BCUT2D eigenvalue weighted by Crippen LogP contribution is 2.22. The number of esters is 1. The maximum absolute atomic E-state index is 12.7. The summed E-state index contributed by atoms with van der Waals surface area (Å²) in [5.41, 5.74) is 0.684. The minimum atomic E-state index is -0.561. The van der Waals surface area contributed by atoms with E-state index < -0.39 is 17.2 Å². The fraction of sp³-hybridized carbons (Fsp3) is 0.217. The van der Waals surface area contributed by atoms with Gasteiger partial charge in [-0.25, -0.2) is 14.6 Å². The van der Waals surface area contributed by atoms with Crippen LogP contribution in [0.3, 0.4) is 0 Å². The Bertz CT molecular complexity index is 1450. The van der Waals surface area contributed by atoms with Crippen LogP contribution in [0.2, 0.25) is 5.02 Å². The molecule has 170 valence electrons. The number of nitrogens with zero attached hydrogens (tertiary/aromatic N) is 4. The lowest BCUT2D eigenvalue weighted by molar-refractivity contribution is 0.0487. The quantitative estimate of drug-likeness (QED) is 0.387. The number of aryl methyl sites for hydroxylation is 1. The first-order valence-corrected chi connectivity index (χ1v) is 10.5. The van der Waals surface area contributed by atoms with Gasteiger partial charge in [0.15, 0.2) is 11.2 Å². The van der Waals surface area contributed by atoms with E-state index in [1.165, 1.54) is 17.9 Å². The molecule has 0 aliphatic carbocycles. The van der Waals surface area contributed by atoms with E-state index in [-0.39, 0.29) is 36.5 Å². The summed E-state index contributed by atoms with van der Waals surface area (Å²) < 4.78 is 15.1. The van der Waals surface area contributed by atoms with Crippen molar-refractivity contribution in [2.24, 2.45) is 14.1 Å². The number of fused-ring (bicyclic) bond motifs is 1. The van der Waals surface area contributed by atoms with Crippen molar-refractivity contribution in [3.05, 3.63) is 91.8 Å². The first-order valence-electron chi connectivity index (χ1n) is 10.1. The lowest BCUT2D eigenvalue weighted by atomic mass is 10.2. The maximum atomic E-state index is 12.7. The lowest BCUT2D eigenvalue weighted by Gasteiger charge is -2.12. The second-order valence-corrected chi connectivity index (χ2v) is 7.74. The molecule has 4 rings (SSSR count). The van der Waals surface area contributed by atoms with Gasteiger partial charge in [-0.2, -0.15) is 0 Å². The van der Waals surface area contributed by atoms with E-state index in [2.05, 4.69) is 4.98 Å². The summed E-state index contributed by atoms with van der Waals surface area (Å²) in [4.78, 5) is 41.4. The van der Waals surface area contributed by atoms with Gasteiger partial charge in [-0.3, -0.25) is 13.9 Å². The van der Waals surface area contributed by atoms with E-state index in [4.69, 9.17) is 21.1 Å². The Labute approximate surface area is 193 Å². The van der Waals surface area contributed by atoms with Crippen molar-refractivity contribution in [3.63, 3.8) is 0 Å². The average molecular weight is 469 g/mol. The minimum Gasteiger partial charge on any atom is -0.488 e. The van der Waals surface area contributed by atoms with Gasteiger partial charge in [-0.15, -0.1) is 0 Å². The summed E-state index contributed by atoms with van der Waals surface area (Å²) in [5, 5.41) is 0.578. The Kier molecular flexibility index (Phi) is 6.32. The van der Waals surface area contributed by atoms with Gasteiger partial charge in [0, 0.05) is 24.7 Å². The smallest absolute Gasteiger partial charge is 0.341 e. The van der Waals surface area contributed by atoms with Gasteiger partial charge in [0.2, 0.25) is 0 Å². The molecule has 2 heterocycles. The van der Waals surface area contributed by atoms with Crippen LogP contribution in [0.1, 0.15) is 15.9 Å². The Morgan fingerprint density at radius 2 is 1.76 bits per heavy atom. The van der Waals surface area contributed by atoms with Gasteiger partial charge < -0.3 is 14.0 Å². The summed E-state index contributed by atoms with van der Waals surface area (Å²) >= 11 is 6.17. The Morgan fingerprint density at radius 1 is 1.03 bits per heavy atom. The fourth-order valence-corrected chi connectivity index (χ4v) is 3.60. The van der Waals surface area contributed by atoms with Crippen LogP contribution in [-0.2, 0) is 32.0 Å². The molecule has 10 heteroatoms. The molecule has 4 aromatic rings. The van der Waals surface area contributed by atoms with Gasteiger partial charge in [-0.05, 0) is 18.2 Å². The Balaban J connectivity index is 1.46. The third-order valence-electron chi connectivity index (χ3n) is 5.23. The van der Waals surface area contributed by atoms with E-state index in [1.54, 1.807) is 41.9 Å². The van der Waals surface area contributed by atoms with Gasteiger partial charge >= 0.3 is 11.7 Å². The topological polar surface area (TPSA) is 97.3 Å². The molecule has 0 amide bonds. The highest BCUT2D eigenvalue weighted by atomic mass is 35.5. The molecule has 0 saturated carbocycles. The zero-order valence-electron chi connectivity index (χ0n) is 18.0. The van der Waals surface area contributed by atoms with E-state index in [1.807, 2.05) is 18.2 Å². The maximum Gasteiger partial charge on any atom is 0.341 e. The van der Waals surface area contributed by atoms with Crippen LogP contribution in [0.15, 0.2) is 64.4 Å². The van der Waals surface area contributed by atoms with Crippen LogP contribution >= 0.6 is 11.6 Å². The number of para-hydroxylation sites is 1. The molecular formula is C23H21ClN4O5. The second-order valence-electron chi connectivity index (χ2n) is 7.33. The number of halogens is 1. The molecule has 0 atom stereocenters. The SMILES string of the molecule is Cn1c(=O)c2c(ncn2CCOC(=O)c2ccccc2OCc2ccccc2Cl)n(C)c1=O. The highest BCUT2D eigenvalue weighted by Gasteiger charge is 2.16. The lowest BCUT2D eigenvalue weighted by Crippen LogP contribution is -2.37. The van der Waals surface area contributed by atoms with Crippen molar-refractivity contribution < 1.29 is 14.3 Å². The normalized spacial score (nSPS) is 11.0. The molecule has 0 radical (unpaired) electrons. The number of benzene rings is 2. The van der Waals surface area contributed by atoms with E-state index in [0.717, 1.165) is 10.1 Å². The third kappa shape index (κ3) is 4.40. The number of carbonyl (C=O) groups excluding carboxylic acids is 1. The fourth-order valence-electron chi connectivity index (χ4n) is 3.41. The standard InChI is InChI=1S/C23H21ClN4O5/c1-26-20-19(21(29)27(2)23(26)31)28(14-25-20)11-12-32-22(30)16-8-4-6-10-18(16)33-13-15-7-3-5-9-17(15)24/h3-10,14H,11-13H2,1-2H3. The van der Waals surface area contributed by atoms with Crippen molar-refractivity contribution in [2.75, 3.05) is 6.61 Å². The first kappa shape index (κ1) is 22.3. The molecule has 0 aliphatic heterocycles. The summed E-state index contributed by atoms with van der Waals surface area (Å²) in [6.45, 7) is 0.389. The molecule has 0 spiro atoms. The highest BCUT2D eigenvalue weighted by molar-refractivity contribution is 6.31. The summed E-state index contributed by atoms with van der Waals surface area (Å²) in [7, 11) is 2.95. The van der Waals surface area contributed by atoms with Crippen molar-refractivity contribution in [3.8, 4) is 5.75 Å². The van der Waals surface area contributed by atoms with Crippen LogP contribution in [0.4, 0.5) is 0 Å². The molecule has 9 nitrogen and oxygen atoms in total. The number of rotatable bonds is 7. The van der Waals surface area contributed by atoms with E-state index >= 15 is 0 Å². The van der Waals surface area contributed by atoms with Gasteiger partial charge in [0.05, 0.1) is 12.9 Å². The second kappa shape index (κ2) is 9.33. The summed E-state index contributed by atoms with van der Waals surface area (Å²) in [6, 6.07) is 14.1. The molecule has 0 bridgehead atoms. The molecule has 0 aliphatic rings. The largest absolute Gasteiger partial charge is 0.488 e. The number of carbonyl (C=O) groups is 1. The minimum absolute atomic E-state index is 0.00483. The summed E-state index contributed by atoms with van der Waals surface area (Å²) in [5.74, 6) is -0.186. The number of ether oxygens (including phenoxy) is 2. The van der Waals surface area contributed by atoms with E-state index in [0.29, 0.717) is 10.8 Å². The first-order chi connectivity index (χ1) is 15.9. The van der Waals surface area contributed by atoms with Crippen LogP contribution in [0, 0.1) is 0 Å². The van der Waals surface area contributed by atoms with E-state index in [9.17, 15) is 14.4 Å². The number of hydrogen-bond donors (Lipinski definition) is 0. The van der Waals surface area contributed by atoms with Crippen molar-refractivity contribution in [1.82, 2.24) is 18.7 Å². The monoisotopic (exact) mass is 468 g/mol. The predicted octanol–water partition coefficient (Wildman–Crippen LogP) is 2.52. The summed E-state index contributed by atoms with van der Waals surface area (Å²) in [6.07, 6.45) is 1.44. The van der Waals surface area contributed by atoms with Crippen molar-refractivity contribution in [2.45, 2.75) is 13.2 Å². The Morgan fingerprint density at radius 3 is 2.55 bits per heavy atom. The number of hydrogen-bond acceptors (Lipinski definition) is 6. The molecule has 0 N–H and O–H groups in total.